The van der Waals surface area contributed by atoms with Crippen LogP contribution in [0.1, 0.15) is 35.0 Å². The highest BCUT2D eigenvalue weighted by Crippen LogP contribution is 2.28. The maximum Gasteiger partial charge on any atom is 0.340 e. The minimum Gasteiger partial charge on any atom is -0.462 e. The monoisotopic (exact) mass is 375 g/mol. The first-order valence-electron chi connectivity index (χ1n) is 4.71. The van der Waals surface area contributed by atoms with Crippen molar-refractivity contribution in [3.8, 4) is 0 Å². The van der Waals surface area contributed by atoms with E-state index in [0.717, 1.165) is 0 Å². The van der Waals surface area contributed by atoms with Crippen molar-refractivity contribution in [1.82, 2.24) is 4.98 Å². The molecule has 94 valence electrons. The van der Waals surface area contributed by atoms with Crippen LogP contribution in [0.15, 0.2) is 6.20 Å². The van der Waals surface area contributed by atoms with Crippen molar-refractivity contribution in [2.75, 3.05) is 6.61 Å². The molecule has 0 radical (unpaired) electrons. The smallest absolute Gasteiger partial charge is 0.340 e. The van der Waals surface area contributed by atoms with E-state index in [1.54, 1.807) is 6.92 Å². The van der Waals surface area contributed by atoms with Gasteiger partial charge in [-0.05, 0) is 35.1 Å². The summed E-state index contributed by atoms with van der Waals surface area (Å²) in [6, 6.07) is 0. The van der Waals surface area contributed by atoms with Gasteiger partial charge in [0.15, 0.2) is 0 Å². The molecule has 0 atom stereocenters. The summed E-state index contributed by atoms with van der Waals surface area (Å²) in [6.07, 6.45) is -1.57. The number of ether oxygens (including phenoxy) is 1. The lowest BCUT2D eigenvalue weighted by molar-refractivity contribution is 0.0512. The van der Waals surface area contributed by atoms with Gasteiger partial charge in [0.05, 0.1) is 12.2 Å². The third-order valence-electron chi connectivity index (χ3n) is 1.98. The lowest BCUT2D eigenvalue weighted by atomic mass is 10.1. The Bertz CT molecular complexity index is 429. The number of nitrogens with zero attached hydrogens (tertiary/aromatic N) is 1. The van der Waals surface area contributed by atoms with Crippen molar-refractivity contribution in [3.05, 3.63) is 26.6 Å². The fourth-order valence-corrected chi connectivity index (χ4v) is 2.37. The van der Waals surface area contributed by atoms with E-state index in [1.807, 2.05) is 22.6 Å². The normalized spacial score (nSPS) is 10.7. The van der Waals surface area contributed by atoms with Crippen molar-refractivity contribution in [2.45, 2.75) is 19.2 Å². The van der Waals surface area contributed by atoms with Gasteiger partial charge in [-0.3, -0.25) is 4.98 Å². The Hall–Kier alpha value is -0.500. The number of esters is 1. The van der Waals surface area contributed by atoms with E-state index in [4.69, 9.17) is 16.3 Å². The molecule has 0 amide bonds. The molecule has 1 rings (SSSR count). The topological polar surface area (TPSA) is 39.2 Å². The van der Waals surface area contributed by atoms with Crippen LogP contribution in [0.5, 0.6) is 0 Å². The molecular weight excluding hydrogens is 366 g/mol. The second kappa shape index (κ2) is 6.44. The highest BCUT2D eigenvalue weighted by Gasteiger charge is 2.25. The first-order chi connectivity index (χ1) is 8.02. The number of hydrogen-bond donors (Lipinski definition) is 0. The summed E-state index contributed by atoms with van der Waals surface area (Å²) in [7, 11) is 0. The van der Waals surface area contributed by atoms with E-state index in [0.29, 0.717) is 9.13 Å². The van der Waals surface area contributed by atoms with Gasteiger partial charge in [0, 0.05) is 15.6 Å². The van der Waals surface area contributed by atoms with Crippen molar-refractivity contribution < 1.29 is 18.3 Å². The molecule has 0 bridgehead atoms. The second-order valence-corrected chi connectivity index (χ2v) is 4.43. The maximum absolute atomic E-state index is 12.8. The van der Waals surface area contributed by atoms with E-state index in [-0.39, 0.29) is 18.1 Å². The van der Waals surface area contributed by atoms with E-state index >= 15 is 0 Å². The van der Waals surface area contributed by atoms with Gasteiger partial charge in [0.2, 0.25) is 0 Å². The third kappa shape index (κ3) is 3.25. The average molecular weight is 376 g/mol. The van der Waals surface area contributed by atoms with Crippen LogP contribution in [0.25, 0.3) is 0 Å². The summed E-state index contributed by atoms with van der Waals surface area (Å²) < 4.78 is 30.8. The summed E-state index contributed by atoms with van der Waals surface area (Å²) in [5.74, 6) is -0.862. The summed E-state index contributed by atoms with van der Waals surface area (Å²) in [4.78, 5) is 15.2. The van der Waals surface area contributed by atoms with Gasteiger partial charge in [-0.2, -0.15) is 0 Å². The van der Waals surface area contributed by atoms with Gasteiger partial charge in [0.25, 0.3) is 6.43 Å². The van der Waals surface area contributed by atoms with E-state index in [9.17, 15) is 13.6 Å². The van der Waals surface area contributed by atoms with Gasteiger partial charge in [0.1, 0.15) is 5.69 Å². The number of pyridine rings is 1. The Balaban J connectivity index is 3.38. The molecule has 0 spiro atoms. The maximum atomic E-state index is 12.8. The molecule has 0 saturated carbocycles. The molecule has 0 fully saturated rings. The minimum atomic E-state index is -2.84. The zero-order valence-corrected chi connectivity index (χ0v) is 11.8. The number of carbonyl (C=O) groups is 1. The molecule has 7 heteroatoms. The number of aromatic nitrogens is 1. The summed E-state index contributed by atoms with van der Waals surface area (Å²) in [5, 5.41) is 0. The van der Waals surface area contributed by atoms with Crippen LogP contribution in [-0.4, -0.2) is 17.6 Å². The van der Waals surface area contributed by atoms with E-state index in [2.05, 4.69) is 4.98 Å². The minimum absolute atomic E-state index is 0.0470. The first-order valence-corrected chi connectivity index (χ1v) is 6.32. The fraction of sp³-hybridized carbons (Fsp3) is 0.400. The molecule has 0 aliphatic rings. The molecule has 0 aliphatic heterocycles. The second-order valence-electron chi connectivity index (χ2n) is 3.00. The predicted molar refractivity (Wildman–Crippen MR) is 67.4 cm³/mol. The summed E-state index contributed by atoms with van der Waals surface area (Å²) in [6.45, 7) is 1.70. The molecule has 1 aromatic rings. The number of carbonyl (C=O) groups excluding carboxylic acids is 1. The van der Waals surface area contributed by atoms with Crippen LogP contribution in [0.4, 0.5) is 8.78 Å². The highest BCUT2D eigenvalue weighted by atomic mass is 127. The van der Waals surface area contributed by atoms with Gasteiger partial charge < -0.3 is 4.74 Å². The SMILES string of the molecule is CCOC(=O)c1c(C(F)F)ncc(I)c1CCl. The van der Waals surface area contributed by atoms with Crippen LogP contribution in [0, 0.1) is 3.57 Å². The molecule has 1 aromatic heterocycles. The molecule has 0 unspecified atom stereocenters. The molecule has 0 aromatic carbocycles. The summed E-state index contributed by atoms with van der Waals surface area (Å²) >= 11 is 7.56. The van der Waals surface area contributed by atoms with Crippen molar-refractivity contribution in [1.29, 1.82) is 0 Å². The van der Waals surface area contributed by atoms with Crippen LogP contribution in [-0.2, 0) is 10.6 Å². The largest absolute Gasteiger partial charge is 0.462 e. The third-order valence-corrected chi connectivity index (χ3v) is 3.18. The van der Waals surface area contributed by atoms with Gasteiger partial charge in [-0.1, -0.05) is 0 Å². The first kappa shape index (κ1) is 14.6. The lowest BCUT2D eigenvalue weighted by Gasteiger charge is -2.12. The van der Waals surface area contributed by atoms with E-state index in [1.165, 1.54) is 6.20 Å². The fourth-order valence-electron chi connectivity index (χ4n) is 1.27. The zero-order valence-electron chi connectivity index (χ0n) is 8.84. The molecular formula is C10H9ClF2INO2. The van der Waals surface area contributed by atoms with Crippen LogP contribution in [0.3, 0.4) is 0 Å². The standard InChI is InChI=1S/C10H9ClF2INO2/c1-2-17-10(16)7-5(3-11)6(14)4-15-8(7)9(12)13/h4,9H,2-3H2,1H3. The van der Waals surface area contributed by atoms with Crippen LogP contribution in [0.2, 0.25) is 0 Å². The van der Waals surface area contributed by atoms with Gasteiger partial charge >= 0.3 is 5.97 Å². The zero-order chi connectivity index (χ0) is 13.0. The van der Waals surface area contributed by atoms with Gasteiger partial charge in [-0.15, -0.1) is 11.6 Å². The van der Waals surface area contributed by atoms with E-state index < -0.39 is 18.1 Å². The van der Waals surface area contributed by atoms with Crippen LogP contribution < -0.4 is 0 Å². The van der Waals surface area contributed by atoms with Crippen molar-refractivity contribution >= 4 is 40.2 Å². The van der Waals surface area contributed by atoms with Gasteiger partial charge in [-0.25, -0.2) is 13.6 Å². The average Bonchev–Trinajstić information content (AvgIpc) is 2.28. The molecule has 0 aliphatic carbocycles. The Morgan fingerprint density at radius 1 is 1.65 bits per heavy atom. The van der Waals surface area contributed by atoms with Crippen molar-refractivity contribution in [3.63, 3.8) is 0 Å². The molecule has 0 N–H and O–H groups in total. The molecule has 1 heterocycles. The predicted octanol–water partition coefficient (Wildman–Crippen LogP) is 3.54. The number of alkyl halides is 3. The Morgan fingerprint density at radius 2 is 2.29 bits per heavy atom. The molecule has 17 heavy (non-hydrogen) atoms. The quantitative estimate of drug-likeness (QED) is 0.459. The highest BCUT2D eigenvalue weighted by molar-refractivity contribution is 14.1. The molecule has 3 nitrogen and oxygen atoms in total. The molecule has 0 saturated heterocycles. The lowest BCUT2D eigenvalue weighted by Crippen LogP contribution is -2.14. The Morgan fingerprint density at radius 3 is 2.76 bits per heavy atom. The number of hydrogen-bond acceptors (Lipinski definition) is 3. The Labute approximate surface area is 116 Å². The van der Waals surface area contributed by atoms with Crippen LogP contribution >= 0.6 is 34.2 Å². The summed E-state index contributed by atoms with van der Waals surface area (Å²) in [5.41, 5.74) is -0.473. The number of halogens is 4. The van der Waals surface area contributed by atoms with Crippen molar-refractivity contribution in [2.24, 2.45) is 0 Å². The number of rotatable bonds is 4. The Kier molecular flexibility index (Phi) is 5.51.